The molecule has 0 aliphatic carbocycles. The predicted molar refractivity (Wildman–Crippen MR) is 77.7 cm³/mol. The molecule has 0 saturated carbocycles. The van der Waals surface area contributed by atoms with Crippen molar-refractivity contribution in [1.29, 1.82) is 0 Å². The highest BCUT2D eigenvalue weighted by molar-refractivity contribution is 9.10. The third kappa shape index (κ3) is 3.83. The van der Waals surface area contributed by atoms with Crippen LogP contribution in [0.1, 0.15) is 12.5 Å². The summed E-state index contributed by atoms with van der Waals surface area (Å²) in [5.74, 6) is 0. The van der Waals surface area contributed by atoms with Crippen molar-refractivity contribution in [2.45, 2.75) is 26.1 Å². The molecule has 1 heterocycles. The molecule has 0 aliphatic heterocycles. The number of hydrogen-bond donors (Lipinski definition) is 1. The van der Waals surface area contributed by atoms with Crippen LogP contribution in [0.15, 0.2) is 41.1 Å². The van der Waals surface area contributed by atoms with Gasteiger partial charge in [-0.25, -0.2) is 0 Å². The fraction of sp³-hybridized carbons (Fsp3) is 0.308. The Morgan fingerprint density at radius 1 is 1.50 bits per heavy atom. The first-order valence-corrected chi connectivity index (χ1v) is 6.97. The Morgan fingerprint density at radius 2 is 2.33 bits per heavy atom. The lowest BCUT2D eigenvalue weighted by Crippen LogP contribution is -2.30. The highest BCUT2D eigenvalue weighted by Crippen LogP contribution is 2.23. The maximum Gasteiger partial charge on any atom is 0.0560 e. The predicted octanol–water partition coefficient (Wildman–Crippen LogP) is 3.48. The summed E-state index contributed by atoms with van der Waals surface area (Å²) in [4.78, 5) is 0. The Labute approximate surface area is 120 Å². The molecular formula is C13H15BrClN3. The monoisotopic (exact) mass is 327 g/mol. The largest absolute Gasteiger partial charge is 0.308 e. The molecule has 1 aromatic heterocycles. The molecule has 2 rings (SSSR count). The number of rotatable bonds is 5. The van der Waals surface area contributed by atoms with Gasteiger partial charge in [-0.15, -0.1) is 0 Å². The van der Waals surface area contributed by atoms with Crippen molar-refractivity contribution in [3.8, 4) is 0 Å². The second-order valence-electron chi connectivity index (χ2n) is 4.26. The van der Waals surface area contributed by atoms with Crippen LogP contribution in [0.2, 0.25) is 5.02 Å². The van der Waals surface area contributed by atoms with Gasteiger partial charge in [-0.3, -0.25) is 4.68 Å². The van der Waals surface area contributed by atoms with Crippen LogP contribution in [0, 0.1) is 0 Å². The van der Waals surface area contributed by atoms with E-state index in [-0.39, 0.29) is 0 Å². The minimum Gasteiger partial charge on any atom is -0.308 e. The van der Waals surface area contributed by atoms with Crippen molar-refractivity contribution < 1.29 is 0 Å². The zero-order chi connectivity index (χ0) is 13.0. The first-order chi connectivity index (χ1) is 8.65. The van der Waals surface area contributed by atoms with Gasteiger partial charge in [0, 0.05) is 29.5 Å². The molecule has 0 spiro atoms. The molecule has 1 unspecified atom stereocenters. The zero-order valence-corrected chi connectivity index (χ0v) is 12.4. The number of halogens is 2. The first kappa shape index (κ1) is 13.6. The van der Waals surface area contributed by atoms with Crippen molar-refractivity contribution >= 4 is 27.5 Å². The lowest BCUT2D eigenvalue weighted by Gasteiger charge is -2.14. The lowest BCUT2D eigenvalue weighted by atomic mass is 10.2. The van der Waals surface area contributed by atoms with E-state index in [2.05, 4.69) is 33.3 Å². The maximum atomic E-state index is 5.96. The molecule has 0 fully saturated rings. The van der Waals surface area contributed by atoms with E-state index in [9.17, 15) is 0 Å². The van der Waals surface area contributed by atoms with E-state index in [1.165, 1.54) is 5.56 Å². The molecule has 96 valence electrons. The second-order valence-corrected chi connectivity index (χ2v) is 5.52. The van der Waals surface area contributed by atoms with Crippen LogP contribution in [0.3, 0.4) is 0 Å². The van der Waals surface area contributed by atoms with E-state index in [1.807, 2.05) is 35.1 Å². The van der Waals surface area contributed by atoms with Crippen molar-refractivity contribution in [3.63, 3.8) is 0 Å². The van der Waals surface area contributed by atoms with Crippen molar-refractivity contribution in [2.75, 3.05) is 0 Å². The first-order valence-electron chi connectivity index (χ1n) is 5.80. The average Bonchev–Trinajstić information content (AvgIpc) is 2.83. The van der Waals surface area contributed by atoms with E-state index in [0.29, 0.717) is 6.04 Å². The molecule has 1 aromatic carbocycles. The topological polar surface area (TPSA) is 29.9 Å². The van der Waals surface area contributed by atoms with Crippen LogP contribution in [-0.4, -0.2) is 15.8 Å². The summed E-state index contributed by atoms with van der Waals surface area (Å²) in [5, 5.41) is 8.39. The van der Waals surface area contributed by atoms with Gasteiger partial charge in [0.25, 0.3) is 0 Å². The molecule has 0 saturated heterocycles. The van der Waals surface area contributed by atoms with E-state index in [1.54, 1.807) is 6.20 Å². The van der Waals surface area contributed by atoms with Gasteiger partial charge in [-0.2, -0.15) is 5.10 Å². The Kier molecular flexibility index (Phi) is 4.80. The van der Waals surface area contributed by atoms with Crippen LogP contribution >= 0.6 is 27.5 Å². The summed E-state index contributed by atoms with van der Waals surface area (Å²) in [7, 11) is 0. The Hall–Kier alpha value is -0.840. The SMILES string of the molecule is CC(Cn1cccn1)NCc1ccc(Cl)c(Br)c1. The van der Waals surface area contributed by atoms with Gasteiger partial charge in [-0.1, -0.05) is 17.7 Å². The molecule has 0 amide bonds. The third-order valence-corrected chi connectivity index (χ3v) is 3.87. The fourth-order valence-corrected chi connectivity index (χ4v) is 2.24. The lowest BCUT2D eigenvalue weighted by molar-refractivity contribution is 0.451. The molecule has 2 aromatic rings. The fourth-order valence-electron chi connectivity index (χ4n) is 1.70. The number of nitrogens with zero attached hydrogens (tertiary/aromatic N) is 2. The van der Waals surface area contributed by atoms with E-state index < -0.39 is 0 Å². The van der Waals surface area contributed by atoms with Gasteiger partial charge in [0.05, 0.1) is 11.6 Å². The quantitative estimate of drug-likeness (QED) is 0.910. The minimum absolute atomic E-state index is 0.361. The smallest absolute Gasteiger partial charge is 0.0560 e. The summed E-state index contributed by atoms with van der Waals surface area (Å²) in [6.07, 6.45) is 3.76. The molecule has 0 bridgehead atoms. The van der Waals surface area contributed by atoms with Crippen LogP contribution < -0.4 is 5.32 Å². The highest BCUT2D eigenvalue weighted by atomic mass is 79.9. The van der Waals surface area contributed by atoms with Gasteiger partial charge < -0.3 is 5.32 Å². The Balaban J connectivity index is 1.85. The molecule has 5 heteroatoms. The third-order valence-electron chi connectivity index (χ3n) is 2.66. The van der Waals surface area contributed by atoms with E-state index in [0.717, 1.165) is 22.6 Å². The van der Waals surface area contributed by atoms with Gasteiger partial charge in [0.1, 0.15) is 0 Å². The summed E-state index contributed by atoms with van der Waals surface area (Å²) >= 11 is 9.39. The second kappa shape index (κ2) is 6.36. The average molecular weight is 329 g/mol. The molecular weight excluding hydrogens is 314 g/mol. The normalized spacial score (nSPS) is 12.6. The minimum atomic E-state index is 0.361. The molecule has 1 N–H and O–H groups in total. The van der Waals surface area contributed by atoms with Crippen molar-refractivity contribution in [3.05, 3.63) is 51.7 Å². The number of hydrogen-bond acceptors (Lipinski definition) is 2. The Bertz CT molecular complexity index is 499. The van der Waals surface area contributed by atoms with Crippen LogP contribution in [0.25, 0.3) is 0 Å². The molecule has 3 nitrogen and oxygen atoms in total. The molecule has 0 aliphatic rings. The number of aromatic nitrogens is 2. The summed E-state index contributed by atoms with van der Waals surface area (Å²) < 4.78 is 2.86. The zero-order valence-electron chi connectivity index (χ0n) is 10.1. The van der Waals surface area contributed by atoms with Gasteiger partial charge in [0.2, 0.25) is 0 Å². The van der Waals surface area contributed by atoms with Crippen molar-refractivity contribution in [2.24, 2.45) is 0 Å². The highest BCUT2D eigenvalue weighted by Gasteiger charge is 2.04. The number of benzene rings is 1. The summed E-state index contributed by atoms with van der Waals surface area (Å²) in [6, 6.07) is 8.26. The van der Waals surface area contributed by atoms with Gasteiger partial charge >= 0.3 is 0 Å². The van der Waals surface area contributed by atoms with Crippen LogP contribution in [0.5, 0.6) is 0 Å². The van der Waals surface area contributed by atoms with Crippen molar-refractivity contribution in [1.82, 2.24) is 15.1 Å². The molecule has 1 atom stereocenters. The van der Waals surface area contributed by atoms with Gasteiger partial charge in [0.15, 0.2) is 0 Å². The summed E-state index contributed by atoms with van der Waals surface area (Å²) in [6.45, 7) is 3.83. The molecule has 0 radical (unpaired) electrons. The Morgan fingerprint density at radius 3 is 3.00 bits per heavy atom. The maximum absolute atomic E-state index is 5.96. The number of nitrogens with one attached hydrogen (secondary N) is 1. The van der Waals surface area contributed by atoms with E-state index >= 15 is 0 Å². The standard InChI is InChI=1S/C13H15BrClN3/c1-10(9-18-6-2-5-17-18)16-8-11-3-4-13(15)12(14)7-11/h2-7,10,16H,8-9H2,1H3. The van der Waals surface area contributed by atoms with E-state index in [4.69, 9.17) is 11.6 Å². The molecule has 18 heavy (non-hydrogen) atoms. The van der Waals surface area contributed by atoms with Crippen LogP contribution in [-0.2, 0) is 13.1 Å². The van der Waals surface area contributed by atoms with Crippen LogP contribution in [0.4, 0.5) is 0 Å². The summed E-state index contributed by atoms with van der Waals surface area (Å²) in [5.41, 5.74) is 1.21. The van der Waals surface area contributed by atoms with Gasteiger partial charge in [-0.05, 0) is 46.6 Å².